The van der Waals surface area contributed by atoms with Crippen molar-refractivity contribution in [2.45, 2.75) is 46.8 Å². The van der Waals surface area contributed by atoms with E-state index in [-0.39, 0.29) is 23.4 Å². The zero-order valence-corrected chi connectivity index (χ0v) is 14.0. The number of rotatable bonds is 7. The van der Waals surface area contributed by atoms with Gasteiger partial charge >= 0.3 is 0 Å². The minimum Gasteiger partial charge on any atom is -0.497 e. The van der Waals surface area contributed by atoms with Crippen molar-refractivity contribution in [3.63, 3.8) is 0 Å². The van der Waals surface area contributed by atoms with E-state index in [9.17, 15) is 4.39 Å². The summed E-state index contributed by atoms with van der Waals surface area (Å²) in [6.45, 7) is 11.7. The summed E-state index contributed by atoms with van der Waals surface area (Å²) in [4.78, 5) is 0. The minimum atomic E-state index is -0.269. The third kappa shape index (κ3) is 4.68. The highest BCUT2D eigenvalue weighted by molar-refractivity contribution is 5.31. The lowest BCUT2D eigenvalue weighted by Gasteiger charge is -2.37. The van der Waals surface area contributed by atoms with E-state index in [0.717, 1.165) is 6.54 Å². The Morgan fingerprint density at radius 3 is 2.33 bits per heavy atom. The summed E-state index contributed by atoms with van der Waals surface area (Å²) in [5.41, 5.74) is 0.515. The molecule has 21 heavy (non-hydrogen) atoms. The van der Waals surface area contributed by atoms with Gasteiger partial charge in [0.05, 0.1) is 19.3 Å². The van der Waals surface area contributed by atoms with Crippen molar-refractivity contribution in [3.05, 3.63) is 29.6 Å². The molecule has 0 bridgehead atoms. The lowest BCUT2D eigenvalue weighted by molar-refractivity contribution is -0.0369. The minimum absolute atomic E-state index is 0.102. The van der Waals surface area contributed by atoms with Crippen LogP contribution in [0.1, 0.15) is 46.2 Å². The van der Waals surface area contributed by atoms with Gasteiger partial charge in [-0.05, 0) is 24.9 Å². The van der Waals surface area contributed by atoms with E-state index < -0.39 is 0 Å². The van der Waals surface area contributed by atoms with Gasteiger partial charge in [0.2, 0.25) is 0 Å². The summed E-state index contributed by atoms with van der Waals surface area (Å²) in [6, 6.07) is 4.79. The molecule has 0 spiro atoms. The second-order valence-corrected chi connectivity index (χ2v) is 6.16. The van der Waals surface area contributed by atoms with Crippen molar-refractivity contribution in [3.8, 4) is 5.75 Å². The first-order valence-electron chi connectivity index (χ1n) is 7.53. The van der Waals surface area contributed by atoms with Gasteiger partial charge in [-0.3, -0.25) is 0 Å². The summed E-state index contributed by atoms with van der Waals surface area (Å²) in [7, 11) is 1.54. The molecule has 0 radical (unpaired) electrons. The summed E-state index contributed by atoms with van der Waals surface area (Å²) in [5.74, 6) is 0.254. The van der Waals surface area contributed by atoms with Crippen LogP contribution in [0.25, 0.3) is 0 Å². The van der Waals surface area contributed by atoms with Crippen LogP contribution in [0, 0.1) is 11.2 Å². The summed E-state index contributed by atoms with van der Waals surface area (Å²) >= 11 is 0. The first-order valence-corrected chi connectivity index (χ1v) is 7.53. The predicted molar refractivity (Wildman–Crippen MR) is 84.2 cm³/mol. The number of halogens is 1. The van der Waals surface area contributed by atoms with Crippen molar-refractivity contribution in [1.29, 1.82) is 0 Å². The fraction of sp³-hybridized carbons (Fsp3) is 0.647. The van der Waals surface area contributed by atoms with Crippen molar-refractivity contribution >= 4 is 0 Å². The molecule has 120 valence electrons. The van der Waals surface area contributed by atoms with Gasteiger partial charge in [-0.2, -0.15) is 0 Å². The van der Waals surface area contributed by atoms with E-state index in [1.54, 1.807) is 12.1 Å². The molecule has 0 saturated heterocycles. The van der Waals surface area contributed by atoms with Crippen molar-refractivity contribution in [2.75, 3.05) is 20.3 Å². The first-order chi connectivity index (χ1) is 9.85. The molecule has 1 N–H and O–H groups in total. The van der Waals surface area contributed by atoms with E-state index in [4.69, 9.17) is 9.47 Å². The van der Waals surface area contributed by atoms with E-state index in [2.05, 4.69) is 26.1 Å². The Bertz CT molecular complexity index is 443. The molecule has 0 aliphatic heterocycles. The average molecular weight is 297 g/mol. The van der Waals surface area contributed by atoms with E-state index in [1.165, 1.54) is 13.2 Å². The van der Waals surface area contributed by atoms with Crippen LogP contribution in [0.15, 0.2) is 18.2 Å². The molecule has 2 unspecified atom stereocenters. The molecule has 0 aliphatic carbocycles. The van der Waals surface area contributed by atoms with Gasteiger partial charge in [-0.25, -0.2) is 4.39 Å². The van der Waals surface area contributed by atoms with Gasteiger partial charge in [-0.15, -0.1) is 0 Å². The molecule has 1 aromatic carbocycles. The standard InChI is InChI=1S/C17H28FNO2/c1-7-19-15(16(21-8-2)17(3,4)5)13-10-9-12(20-6)11-14(13)18/h9-11,15-16,19H,7-8H2,1-6H3. The number of ether oxygens (including phenoxy) is 2. The summed E-state index contributed by atoms with van der Waals surface area (Å²) in [5, 5.41) is 3.36. The lowest BCUT2D eigenvalue weighted by atomic mass is 9.81. The van der Waals surface area contributed by atoms with Gasteiger partial charge in [-0.1, -0.05) is 33.8 Å². The van der Waals surface area contributed by atoms with E-state index in [0.29, 0.717) is 17.9 Å². The van der Waals surface area contributed by atoms with Crippen LogP contribution >= 0.6 is 0 Å². The topological polar surface area (TPSA) is 30.5 Å². The highest BCUT2D eigenvalue weighted by atomic mass is 19.1. The van der Waals surface area contributed by atoms with Crippen LogP contribution in [0.2, 0.25) is 0 Å². The maximum Gasteiger partial charge on any atom is 0.131 e. The Morgan fingerprint density at radius 2 is 1.90 bits per heavy atom. The third-order valence-corrected chi connectivity index (χ3v) is 3.47. The number of nitrogens with one attached hydrogen (secondary N) is 1. The second kappa shape index (κ2) is 7.76. The maximum atomic E-state index is 14.4. The molecule has 1 aromatic rings. The fourth-order valence-electron chi connectivity index (χ4n) is 2.51. The number of hydrogen-bond donors (Lipinski definition) is 1. The molecule has 3 nitrogen and oxygen atoms in total. The van der Waals surface area contributed by atoms with Crippen LogP contribution in [0.3, 0.4) is 0 Å². The van der Waals surface area contributed by atoms with Gasteiger partial charge in [0.15, 0.2) is 0 Å². The molecule has 0 fully saturated rings. The largest absolute Gasteiger partial charge is 0.497 e. The van der Waals surface area contributed by atoms with Crippen molar-refractivity contribution in [2.24, 2.45) is 5.41 Å². The molecule has 4 heteroatoms. The predicted octanol–water partition coefficient (Wildman–Crippen LogP) is 3.94. The van der Waals surface area contributed by atoms with E-state index in [1.807, 2.05) is 13.8 Å². The molecule has 0 aliphatic rings. The Labute approximate surface area is 127 Å². The Morgan fingerprint density at radius 1 is 1.24 bits per heavy atom. The van der Waals surface area contributed by atoms with Crippen LogP contribution in [-0.4, -0.2) is 26.4 Å². The number of benzene rings is 1. The third-order valence-electron chi connectivity index (χ3n) is 3.47. The molecule has 0 amide bonds. The zero-order valence-electron chi connectivity index (χ0n) is 14.0. The van der Waals surface area contributed by atoms with Crippen LogP contribution in [-0.2, 0) is 4.74 Å². The van der Waals surface area contributed by atoms with Crippen LogP contribution < -0.4 is 10.1 Å². The molecule has 0 saturated carbocycles. The van der Waals surface area contributed by atoms with Gasteiger partial charge < -0.3 is 14.8 Å². The smallest absolute Gasteiger partial charge is 0.131 e. The summed E-state index contributed by atoms with van der Waals surface area (Å²) < 4.78 is 25.4. The zero-order chi connectivity index (χ0) is 16.0. The van der Waals surface area contributed by atoms with Crippen molar-refractivity contribution < 1.29 is 13.9 Å². The monoisotopic (exact) mass is 297 g/mol. The number of methoxy groups -OCH3 is 1. The van der Waals surface area contributed by atoms with Gasteiger partial charge in [0, 0.05) is 18.2 Å². The quantitative estimate of drug-likeness (QED) is 0.827. The maximum absolute atomic E-state index is 14.4. The summed E-state index contributed by atoms with van der Waals surface area (Å²) in [6.07, 6.45) is -0.120. The van der Waals surface area contributed by atoms with Crippen molar-refractivity contribution in [1.82, 2.24) is 5.32 Å². The average Bonchev–Trinajstić information content (AvgIpc) is 2.41. The highest BCUT2D eigenvalue weighted by Gasteiger charge is 2.34. The Hall–Kier alpha value is -1.13. The highest BCUT2D eigenvalue weighted by Crippen LogP contribution is 2.34. The molecular weight excluding hydrogens is 269 g/mol. The normalized spacial score (nSPS) is 14.8. The molecule has 0 heterocycles. The first kappa shape index (κ1) is 17.9. The van der Waals surface area contributed by atoms with Gasteiger partial charge in [0.1, 0.15) is 11.6 Å². The molecule has 1 rings (SSSR count). The van der Waals surface area contributed by atoms with E-state index >= 15 is 0 Å². The molecule has 0 aromatic heterocycles. The molecular formula is C17H28FNO2. The molecule has 2 atom stereocenters. The number of hydrogen-bond acceptors (Lipinski definition) is 3. The fourth-order valence-corrected chi connectivity index (χ4v) is 2.51. The Kier molecular flexibility index (Phi) is 6.62. The number of likely N-dealkylation sites (N-methyl/N-ethyl adjacent to an activating group) is 1. The van der Waals surface area contributed by atoms with Gasteiger partial charge in [0.25, 0.3) is 0 Å². The second-order valence-electron chi connectivity index (χ2n) is 6.16. The van der Waals surface area contributed by atoms with Crippen LogP contribution in [0.5, 0.6) is 5.75 Å². The lowest BCUT2D eigenvalue weighted by Crippen LogP contribution is -2.42. The Balaban J connectivity index is 3.20. The SMILES string of the molecule is CCNC(c1ccc(OC)cc1F)C(OCC)C(C)(C)C. The van der Waals surface area contributed by atoms with Crippen LogP contribution in [0.4, 0.5) is 4.39 Å².